The summed E-state index contributed by atoms with van der Waals surface area (Å²) < 4.78 is 1.68. The monoisotopic (exact) mass is 388 g/mol. The van der Waals surface area contributed by atoms with Crippen molar-refractivity contribution in [3.63, 3.8) is 0 Å². The molecule has 29 heavy (non-hydrogen) atoms. The van der Waals surface area contributed by atoms with Crippen molar-refractivity contribution in [2.75, 3.05) is 18.4 Å². The molecule has 2 aromatic carbocycles. The number of piperidine rings is 1. The number of benzene rings is 2. The maximum atomic E-state index is 12.3. The molecule has 0 aliphatic carbocycles. The summed E-state index contributed by atoms with van der Waals surface area (Å²) in [5, 5.41) is 3.36. The molecule has 3 aromatic rings. The lowest BCUT2D eigenvalue weighted by atomic mass is 10.0. The molecule has 150 valence electrons. The van der Waals surface area contributed by atoms with Crippen molar-refractivity contribution in [1.82, 2.24) is 14.5 Å². The lowest BCUT2D eigenvalue weighted by Gasteiger charge is -2.32. The van der Waals surface area contributed by atoms with Gasteiger partial charge in [-0.25, -0.2) is 4.98 Å². The first-order chi connectivity index (χ1) is 14.2. The van der Waals surface area contributed by atoms with E-state index in [9.17, 15) is 4.79 Å². The van der Waals surface area contributed by atoms with Crippen LogP contribution in [-0.4, -0.2) is 33.6 Å². The van der Waals surface area contributed by atoms with Crippen LogP contribution in [0.4, 0.5) is 5.82 Å². The van der Waals surface area contributed by atoms with Gasteiger partial charge in [0, 0.05) is 44.6 Å². The number of anilines is 1. The standard InChI is InChI=1S/C24H28N4O/c1-2-28-17-14-25-23(24(28)29)26-22-12-15-27(16-13-22)18-19-8-10-21(11-9-19)20-6-4-3-5-7-20/h3-11,14,17,22H,2,12-13,15-16,18H2,1H3,(H,25,26). The molecule has 4 rings (SSSR count). The first-order valence-corrected chi connectivity index (χ1v) is 10.4. The molecule has 1 fully saturated rings. The van der Waals surface area contributed by atoms with Gasteiger partial charge in [0.15, 0.2) is 5.82 Å². The van der Waals surface area contributed by atoms with E-state index in [1.165, 1.54) is 16.7 Å². The average molecular weight is 389 g/mol. The largest absolute Gasteiger partial charge is 0.363 e. The molecule has 5 heteroatoms. The molecule has 0 bridgehead atoms. The second-order valence-electron chi connectivity index (χ2n) is 7.62. The molecule has 1 aromatic heterocycles. The highest BCUT2D eigenvalue weighted by atomic mass is 16.1. The average Bonchev–Trinajstić information content (AvgIpc) is 2.78. The van der Waals surface area contributed by atoms with Crippen molar-refractivity contribution >= 4 is 5.82 Å². The summed E-state index contributed by atoms with van der Waals surface area (Å²) in [6, 6.07) is 19.7. The molecule has 0 amide bonds. The number of nitrogens with one attached hydrogen (secondary N) is 1. The van der Waals surface area contributed by atoms with Gasteiger partial charge in [-0.2, -0.15) is 0 Å². The molecular weight excluding hydrogens is 360 g/mol. The first-order valence-electron chi connectivity index (χ1n) is 10.4. The lowest BCUT2D eigenvalue weighted by Crippen LogP contribution is -2.40. The molecule has 1 aliphatic rings. The summed E-state index contributed by atoms with van der Waals surface area (Å²) in [4.78, 5) is 19.1. The number of nitrogens with zero attached hydrogens (tertiary/aromatic N) is 3. The minimum Gasteiger partial charge on any atom is -0.363 e. The Bertz CT molecular complexity index is 974. The summed E-state index contributed by atoms with van der Waals surface area (Å²) in [5.41, 5.74) is 3.82. The molecule has 1 saturated heterocycles. The maximum Gasteiger partial charge on any atom is 0.293 e. The Morgan fingerprint density at radius 1 is 1.00 bits per heavy atom. The van der Waals surface area contributed by atoms with Gasteiger partial charge in [-0.05, 0) is 36.5 Å². The predicted molar refractivity (Wildman–Crippen MR) is 118 cm³/mol. The maximum absolute atomic E-state index is 12.3. The quantitative estimate of drug-likeness (QED) is 0.693. The van der Waals surface area contributed by atoms with Crippen LogP contribution in [-0.2, 0) is 13.1 Å². The molecule has 1 N–H and O–H groups in total. The molecule has 1 aliphatic heterocycles. The van der Waals surface area contributed by atoms with E-state index in [0.717, 1.165) is 32.5 Å². The summed E-state index contributed by atoms with van der Waals surface area (Å²) in [6.07, 6.45) is 5.47. The zero-order valence-corrected chi connectivity index (χ0v) is 16.9. The Kier molecular flexibility index (Phi) is 6.06. The third-order valence-corrected chi connectivity index (χ3v) is 5.65. The van der Waals surface area contributed by atoms with Crippen LogP contribution in [0.25, 0.3) is 11.1 Å². The first kappa shape index (κ1) is 19.4. The van der Waals surface area contributed by atoms with Crippen LogP contribution in [0, 0.1) is 0 Å². The Hall–Kier alpha value is -2.92. The fourth-order valence-corrected chi connectivity index (χ4v) is 3.92. The van der Waals surface area contributed by atoms with E-state index in [0.29, 0.717) is 18.4 Å². The Morgan fingerprint density at radius 3 is 2.38 bits per heavy atom. The number of aryl methyl sites for hydroxylation is 1. The third kappa shape index (κ3) is 4.74. The smallest absolute Gasteiger partial charge is 0.293 e. The molecule has 0 atom stereocenters. The van der Waals surface area contributed by atoms with Gasteiger partial charge in [0.1, 0.15) is 0 Å². The lowest BCUT2D eigenvalue weighted by molar-refractivity contribution is 0.211. The van der Waals surface area contributed by atoms with E-state index in [-0.39, 0.29) is 5.56 Å². The van der Waals surface area contributed by atoms with Crippen LogP contribution >= 0.6 is 0 Å². The van der Waals surface area contributed by atoms with Crippen molar-refractivity contribution in [2.45, 2.75) is 38.9 Å². The normalized spacial score (nSPS) is 15.3. The van der Waals surface area contributed by atoms with Gasteiger partial charge in [-0.1, -0.05) is 54.6 Å². The van der Waals surface area contributed by atoms with Crippen LogP contribution in [0.2, 0.25) is 0 Å². The topological polar surface area (TPSA) is 50.2 Å². The van der Waals surface area contributed by atoms with Gasteiger partial charge in [0.25, 0.3) is 5.56 Å². The second-order valence-corrected chi connectivity index (χ2v) is 7.62. The second kappa shape index (κ2) is 9.05. The van der Waals surface area contributed by atoms with E-state index in [4.69, 9.17) is 0 Å². The van der Waals surface area contributed by atoms with Crippen molar-refractivity contribution in [2.24, 2.45) is 0 Å². The van der Waals surface area contributed by atoms with Gasteiger partial charge >= 0.3 is 0 Å². The van der Waals surface area contributed by atoms with Gasteiger partial charge in [-0.3, -0.25) is 9.69 Å². The van der Waals surface area contributed by atoms with Crippen LogP contribution in [0.5, 0.6) is 0 Å². The molecular formula is C24H28N4O. The van der Waals surface area contributed by atoms with Gasteiger partial charge in [-0.15, -0.1) is 0 Å². The highest BCUT2D eigenvalue weighted by Gasteiger charge is 2.20. The summed E-state index contributed by atoms with van der Waals surface area (Å²) in [5.74, 6) is 0.476. The highest BCUT2D eigenvalue weighted by molar-refractivity contribution is 5.63. The van der Waals surface area contributed by atoms with Gasteiger partial charge < -0.3 is 9.88 Å². The molecule has 5 nitrogen and oxygen atoms in total. The van der Waals surface area contributed by atoms with E-state index in [1.807, 2.05) is 13.0 Å². The number of rotatable bonds is 6. The van der Waals surface area contributed by atoms with Crippen LogP contribution in [0.1, 0.15) is 25.3 Å². The fourth-order valence-electron chi connectivity index (χ4n) is 3.92. The molecule has 0 unspecified atom stereocenters. The molecule has 0 spiro atoms. The summed E-state index contributed by atoms with van der Waals surface area (Å²) in [6.45, 7) is 5.64. The van der Waals surface area contributed by atoms with Crippen LogP contribution in [0.15, 0.2) is 71.8 Å². The van der Waals surface area contributed by atoms with E-state index in [2.05, 4.69) is 63.7 Å². The minimum absolute atomic E-state index is 0.0315. The number of likely N-dealkylation sites (tertiary alicyclic amines) is 1. The fraction of sp³-hybridized carbons (Fsp3) is 0.333. The van der Waals surface area contributed by atoms with E-state index < -0.39 is 0 Å². The molecule has 2 heterocycles. The summed E-state index contributed by atoms with van der Waals surface area (Å²) in [7, 11) is 0. The summed E-state index contributed by atoms with van der Waals surface area (Å²) >= 11 is 0. The molecule has 0 saturated carbocycles. The number of hydrogen-bond acceptors (Lipinski definition) is 4. The van der Waals surface area contributed by atoms with Crippen LogP contribution < -0.4 is 10.9 Å². The predicted octanol–water partition coefficient (Wildman–Crippen LogP) is 4.01. The third-order valence-electron chi connectivity index (χ3n) is 5.65. The Balaban J connectivity index is 1.31. The van der Waals surface area contributed by atoms with Crippen molar-refractivity contribution in [3.05, 3.63) is 82.9 Å². The van der Waals surface area contributed by atoms with E-state index >= 15 is 0 Å². The molecule has 0 radical (unpaired) electrons. The van der Waals surface area contributed by atoms with Crippen molar-refractivity contribution in [1.29, 1.82) is 0 Å². The zero-order chi connectivity index (χ0) is 20.1. The number of aromatic nitrogens is 2. The Labute approximate surface area is 172 Å². The minimum atomic E-state index is -0.0315. The van der Waals surface area contributed by atoms with Gasteiger partial charge in [0.2, 0.25) is 0 Å². The van der Waals surface area contributed by atoms with Gasteiger partial charge in [0.05, 0.1) is 0 Å². The van der Waals surface area contributed by atoms with Crippen LogP contribution in [0.3, 0.4) is 0 Å². The van der Waals surface area contributed by atoms with Crippen molar-refractivity contribution in [3.8, 4) is 11.1 Å². The SMILES string of the molecule is CCn1ccnc(NC2CCN(Cc3ccc(-c4ccccc4)cc3)CC2)c1=O. The Morgan fingerprint density at radius 2 is 1.69 bits per heavy atom. The number of hydrogen-bond donors (Lipinski definition) is 1. The highest BCUT2D eigenvalue weighted by Crippen LogP contribution is 2.21. The van der Waals surface area contributed by atoms with E-state index in [1.54, 1.807) is 17.0 Å². The van der Waals surface area contributed by atoms with Crippen molar-refractivity contribution < 1.29 is 0 Å². The zero-order valence-electron chi connectivity index (χ0n) is 16.9.